The number of carbonyl (C=O) groups excluding carboxylic acids is 1. The molecule has 1 unspecified atom stereocenters. The summed E-state index contributed by atoms with van der Waals surface area (Å²) in [5.41, 5.74) is -0.446. The number of hydrogen-bond donors (Lipinski definition) is 1. The van der Waals surface area contributed by atoms with Gasteiger partial charge in [0.15, 0.2) is 0 Å². The van der Waals surface area contributed by atoms with Crippen LogP contribution in [0, 0.1) is 0 Å². The van der Waals surface area contributed by atoms with Gasteiger partial charge in [0, 0.05) is 26.2 Å². The molecule has 0 aliphatic carbocycles. The highest BCUT2D eigenvalue weighted by Crippen LogP contribution is 2.18. The number of carbonyl (C=O) groups is 1. The van der Waals surface area contributed by atoms with E-state index in [9.17, 15) is 4.79 Å². The quantitative estimate of drug-likeness (QED) is 0.725. The molecule has 2 aliphatic rings. The highest BCUT2D eigenvalue weighted by molar-refractivity contribution is 5.85. The summed E-state index contributed by atoms with van der Waals surface area (Å²) < 4.78 is 11.0. The normalized spacial score (nSPS) is 24.2. The highest BCUT2D eigenvalue weighted by atomic mass is 16.5. The van der Waals surface area contributed by atoms with Gasteiger partial charge in [0.2, 0.25) is 5.91 Å². The molecule has 5 nitrogen and oxygen atoms in total. The van der Waals surface area contributed by atoms with Crippen LogP contribution in [0.3, 0.4) is 0 Å². The van der Waals surface area contributed by atoms with Gasteiger partial charge in [0.1, 0.15) is 0 Å². The van der Waals surface area contributed by atoms with Crippen LogP contribution in [0.2, 0.25) is 0 Å². The highest BCUT2D eigenvalue weighted by Gasteiger charge is 2.35. The SMILES string of the molecule is CC(C)(C(=O)NCCCCC1CCCO1)N1CCOCC1. The van der Waals surface area contributed by atoms with E-state index in [4.69, 9.17) is 9.47 Å². The van der Waals surface area contributed by atoms with Gasteiger partial charge in [0.25, 0.3) is 0 Å². The van der Waals surface area contributed by atoms with Crippen LogP contribution < -0.4 is 5.32 Å². The first kappa shape index (κ1) is 16.7. The molecule has 1 N–H and O–H groups in total. The molecule has 2 rings (SSSR count). The monoisotopic (exact) mass is 298 g/mol. The van der Waals surface area contributed by atoms with Gasteiger partial charge < -0.3 is 14.8 Å². The lowest BCUT2D eigenvalue weighted by Crippen LogP contribution is -2.58. The van der Waals surface area contributed by atoms with Gasteiger partial charge in [-0.3, -0.25) is 9.69 Å². The summed E-state index contributed by atoms with van der Waals surface area (Å²) in [5.74, 6) is 0.126. The molecule has 2 fully saturated rings. The molecule has 21 heavy (non-hydrogen) atoms. The second-order valence-corrected chi connectivity index (χ2v) is 6.55. The van der Waals surface area contributed by atoms with E-state index in [0.29, 0.717) is 6.10 Å². The number of amides is 1. The lowest BCUT2D eigenvalue weighted by Gasteiger charge is -2.39. The average Bonchev–Trinajstić information content (AvgIpc) is 3.01. The molecular weight excluding hydrogens is 268 g/mol. The van der Waals surface area contributed by atoms with E-state index in [1.807, 2.05) is 13.8 Å². The fourth-order valence-corrected chi connectivity index (χ4v) is 3.05. The first-order valence-electron chi connectivity index (χ1n) is 8.33. The van der Waals surface area contributed by atoms with Crippen molar-refractivity contribution in [2.45, 2.75) is 57.6 Å². The van der Waals surface area contributed by atoms with Crippen LogP contribution in [0.5, 0.6) is 0 Å². The van der Waals surface area contributed by atoms with Crippen LogP contribution in [-0.4, -0.2) is 61.9 Å². The summed E-state index contributed by atoms with van der Waals surface area (Å²) >= 11 is 0. The maximum Gasteiger partial charge on any atom is 0.239 e. The van der Waals surface area contributed by atoms with Crippen molar-refractivity contribution >= 4 is 5.91 Å². The van der Waals surface area contributed by atoms with Gasteiger partial charge in [-0.2, -0.15) is 0 Å². The van der Waals surface area contributed by atoms with Crippen LogP contribution in [0.4, 0.5) is 0 Å². The van der Waals surface area contributed by atoms with Gasteiger partial charge in [0.05, 0.1) is 24.9 Å². The summed E-state index contributed by atoms with van der Waals surface area (Å²) in [6.07, 6.45) is 6.16. The number of rotatable bonds is 7. The molecule has 0 aromatic carbocycles. The predicted octanol–water partition coefficient (Wildman–Crippen LogP) is 1.56. The molecule has 5 heteroatoms. The number of nitrogens with one attached hydrogen (secondary N) is 1. The zero-order valence-corrected chi connectivity index (χ0v) is 13.5. The molecule has 0 bridgehead atoms. The fourth-order valence-electron chi connectivity index (χ4n) is 3.05. The minimum absolute atomic E-state index is 0.126. The zero-order valence-electron chi connectivity index (χ0n) is 13.5. The molecule has 0 aromatic rings. The third kappa shape index (κ3) is 4.94. The van der Waals surface area contributed by atoms with E-state index in [1.165, 1.54) is 12.8 Å². The Labute approximate surface area is 128 Å². The number of ether oxygens (including phenoxy) is 2. The van der Waals surface area contributed by atoms with E-state index in [-0.39, 0.29) is 5.91 Å². The lowest BCUT2D eigenvalue weighted by atomic mass is 10.0. The standard InChI is InChI=1S/C16H30N2O3/c1-16(2,18-9-12-20-13-10-18)15(19)17-8-4-3-6-14-7-5-11-21-14/h14H,3-13H2,1-2H3,(H,17,19). The second kappa shape index (κ2) is 8.11. The summed E-state index contributed by atoms with van der Waals surface area (Å²) in [4.78, 5) is 14.6. The van der Waals surface area contributed by atoms with Gasteiger partial charge >= 0.3 is 0 Å². The number of hydrogen-bond acceptors (Lipinski definition) is 4. The van der Waals surface area contributed by atoms with E-state index < -0.39 is 5.54 Å². The summed E-state index contributed by atoms with van der Waals surface area (Å²) in [6.45, 7) is 8.80. The fraction of sp³-hybridized carbons (Fsp3) is 0.938. The lowest BCUT2D eigenvalue weighted by molar-refractivity contribution is -0.134. The molecule has 1 atom stereocenters. The first-order valence-corrected chi connectivity index (χ1v) is 8.33. The van der Waals surface area contributed by atoms with Gasteiger partial charge in [-0.15, -0.1) is 0 Å². The molecule has 2 saturated heterocycles. The van der Waals surface area contributed by atoms with Crippen molar-refractivity contribution in [1.82, 2.24) is 10.2 Å². The van der Waals surface area contributed by atoms with Crippen molar-refractivity contribution in [2.75, 3.05) is 39.5 Å². The second-order valence-electron chi connectivity index (χ2n) is 6.55. The van der Waals surface area contributed by atoms with Crippen LogP contribution >= 0.6 is 0 Å². The van der Waals surface area contributed by atoms with E-state index >= 15 is 0 Å². The van der Waals surface area contributed by atoms with Crippen molar-refractivity contribution < 1.29 is 14.3 Å². The van der Waals surface area contributed by atoms with Crippen molar-refractivity contribution in [3.8, 4) is 0 Å². The molecule has 0 radical (unpaired) electrons. The van der Waals surface area contributed by atoms with Crippen LogP contribution in [0.1, 0.15) is 46.0 Å². The van der Waals surface area contributed by atoms with Crippen molar-refractivity contribution in [3.63, 3.8) is 0 Å². The van der Waals surface area contributed by atoms with Gasteiger partial charge in [-0.1, -0.05) is 0 Å². The van der Waals surface area contributed by atoms with Gasteiger partial charge in [-0.25, -0.2) is 0 Å². The Hall–Kier alpha value is -0.650. The van der Waals surface area contributed by atoms with Crippen LogP contribution in [0.25, 0.3) is 0 Å². The average molecular weight is 298 g/mol. The van der Waals surface area contributed by atoms with Crippen molar-refractivity contribution in [1.29, 1.82) is 0 Å². The molecule has 0 saturated carbocycles. The third-order valence-corrected chi connectivity index (χ3v) is 4.62. The molecular formula is C16H30N2O3. The Balaban J connectivity index is 1.61. The Bertz CT molecular complexity index is 321. The summed E-state index contributed by atoms with van der Waals surface area (Å²) in [7, 11) is 0. The molecule has 0 aromatic heterocycles. The maximum atomic E-state index is 12.4. The molecule has 122 valence electrons. The third-order valence-electron chi connectivity index (χ3n) is 4.62. The first-order chi connectivity index (χ1) is 10.1. The number of unbranched alkanes of at least 4 members (excludes halogenated alkanes) is 1. The smallest absolute Gasteiger partial charge is 0.239 e. The number of nitrogens with zero attached hydrogens (tertiary/aromatic N) is 1. The topological polar surface area (TPSA) is 50.8 Å². The summed E-state index contributed by atoms with van der Waals surface area (Å²) in [6, 6.07) is 0. The van der Waals surface area contributed by atoms with Crippen molar-refractivity contribution in [3.05, 3.63) is 0 Å². The zero-order chi connectivity index (χ0) is 15.1. The minimum atomic E-state index is -0.446. The van der Waals surface area contributed by atoms with Crippen LogP contribution in [-0.2, 0) is 14.3 Å². The molecule has 2 aliphatic heterocycles. The van der Waals surface area contributed by atoms with Gasteiger partial charge in [-0.05, 0) is 46.0 Å². The van der Waals surface area contributed by atoms with Crippen molar-refractivity contribution in [2.24, 2.45) is 0 Å². The maximum absolute atomic E-state index is 12.4. The van der Waals surface area contributed by atoms with E-state index in [0.717, 1.165) is 58.7 Å². The molecule has 2 heterocycles. The number of morpholine rings is 1. The van der Waals surface area contributed by atoms with E-state index in [2.05, 4.69) is 10.2 Å². The minimum Gasteiger partial charge on any atom is -0.379 e. The predicted molar refractivity (Wildman–Crippen MR) is 82.3 cm³/mol. The largest absolute Gasteiger partial charge is 0.379 e. The van der Waals surface area contributed by atoms with E-state index in [1.54, 1.807) is 0 Å². The Morgan fingerprint density at radius 3 is 2.67 bits per heavy atom. The Morgan fingerprint density at radius 1 is 1.24 bits per heavy atom. The molecule has 0 spiro atoms. The summed E-state index contributed by atoms with van der Waals surface area (Å²) in [5, 5.41) is 3.08. The Morgan fingerprint density at radius 2 is 2.00 bits per heavy atom. The van der Waals surface area contributed by atoms with Crippen LogP contribution in [0.15, 0.2) is 0 Å². The molecule has 1 amide bonds. The Kier molecular flexibility index (Phi) is 6.45.